The predicted molar refractivity (Wildman–Crippen MR) is 54.6 cm³/mol. The highest BCUT2D eigenvalue weighted by molar-refractivity contribution is 5.94. The second-order valence-corrected chi connectivity index (χ2v) is 3.14. The Bertz CT molecular complexity index is 324. The van der Waals surface area contributed by atoms with Crippen LogP contribution in [0.1, 0.15) is 12.5 Å². The van der Waals surface area contributed by atoms with Crippen LogP contribution in [-0.4, -0.2) is 17.1 Å². The van der Waals surface area contributed by atoms with E-state index >= 15 is 0 Å². The molecule has 14 heavy (non-hydrogen) atoms. The Morgan fingerprint density at radius 1 is 1.64 bits per heavy atom. The molecular weight excluding hydrogens is 180 g/mol. The van der Waals surface area contributed by atoms with Gasteiger partial charge in [0.05, 0.1) is 12.6 Å². The van der Waals surface area contributed by atoms with E-state index < -0.39 is 6.04 Å². The summed E-state index contributed by atoms with van der Waals surface area (Å²) in [7, 11) is 0. The minimum Gasteiger partial charge on any atom is -0.392 e. The predicted octanol–water partition coefficient (Wildman–Crippen LogP) is 0.465. The zero-order valence-electron chi connectivity index (χ0n) is 8.03. The van der Waals surface area contributed by atoms with E-state index in [-0.39, 0.29) is 12.5 Å². The molecule has 0 aliphatic carbocycles. The number of hydrogen-bond acceptors (Lipinski definition) is 3. The van der Waals surface area contributed by atoms with Crippen molar-refractivity contribution in [1.29, 1.82) is 0 Å². The lowest BCUT2D eigenvalue weighted by molar-refractivity contribution is -0.117. The Morgan fingerprint density at radius 3 is 2.93 bits per heavy atom. The number of anilines is 1. The molecule has 76 valence electrons. The molecule has 1 aromatic carbocycles. The number of nitrogens with two attached hydrogens (primary N) is 1. The van der Waals surface area contributed by atoms with Crippen LogP contribution in [0, 0.1) is 0 Å². The number of amides is 1. The molecule has 0 radical (unpaired) electrons. The second-order valence-electron chi connectivity index (χ2n) is 3.14. The van der Waals surface area contributed by atoms with E-state index in [0.29, 0.717) is 5.69 Å². The Labute approximate surface area is 82.7 Å². The first-order valence-electron chi connectivity index (χ1n) is 4.39. The van der Waals surface area contributed by atoms with Gasteiger partial charge in [0.1, 0.15) is 0 Å². The molecule has 4 N–H and O–H groups in total. The molecule has 0 heterocycles. The summed E-state index contributed by atoms with van der Waals surface area (Å²) in [6.45, 7) is 1.58. The molecular formula is C10H14N2O2. The van der Waals surface area contributed by atoms with Gasteiger partial charge < -0.3 is 16.2 Å². The molecule has 0 aliphatic heterocycles. The fourth-order valence-electron chi connectivity index (χ4n) is 1.00. The van der Waals surface area contributed by atoms with Gasteiger partial charge in [-0.1, -0.05) is 12.1 Å². The largest absolute Gasteiger partial charge is 0.392 e. The lowest BCUT2D eigenvalue weighted by atomic mass is 10.2. The van der Waals surface area contributed by atoms with Gasteiger partial charge in [-0.3, -0.25) is 4.79 Å². The van der Waals surface area contributed by atoms with E-state index in [1.807, 2.05) is 0 Å². The number of hydrogen-bond donors (Lipinski definition) is 3. The monoisotopic (exact) mass is 194 g/mol. The van der Waals surface area contributed by atoms with Crippen LogP contribution in [0.2, 0.25) is 0 Å². The normalized spacial score (nSPS) is 12.2. The van der Waals surface area contributed by atoms with Gasteiger partial charge in [-0.05, 0) is 24.6 Å². The highest BCUT2D eigenvalue weighted by Gasteiger charge is 2.06. The molecule has 4 nitrogen and oxygen atoms in total. The molecule has 0 saturated carbocycles. The topological polar surface area (TPSA) is 75.4 Å². The van der Waals surface area contributed by atoms with Gasteiger partial charge in [0, 0.05) is 5.69 Å². The van der Waals surface area contributed by atoms with Crippen LogP contribution in [0.25, 0.3) is 0 Å². The van der Waals surface area contributed by atoms with Crippen molar-refractivity contribution in [3.8, 4) is 0 Å². The van der Waals surface area contributed by atoms with Crippen LogP contribution >= 0.6 is 0 Å². The van der Waals surface area contributed by atoms with Crippen molar-refractivity contribution in [2.45, 2.75) is 19.6 Å². The fraction of sp³-hybridized carbons (Fsp3) is 0.300. The van der Waals surface area contributed by atoms with Gasteiger partial charge in [-0.2, -0.15) is 0 Å². The molecule has 0 fully saturated rings. The van der Waals surface area contributed by atoms with Crippen LogP contribution in [0.4, 0.5) is 5.69 Å². The van der Waals surface area contributed by atoms with Crippen molar-refractivity contribution in [3.63, 3.8) is 0 Å². The summed E-state index contributed by atoms with van der Waals surface area (Å²) >= 11 is 0. The molecule has 4 heteroatoms. The van der Waals surface area contributed by atoms with Crippen molar-refractivity contribution < 1.29 is 9.90 Å². The lowest BCUT2D eigenvalue weighted by Crippen LogP contribution is -2.32. The number of rotatable bonds is 3. The summed E-state index contributed by atoms with van der Waals surface area (Å²) in [5, 5.41) is 11.5. The van der Waals surface area contributed by atoms with Gasteiger partial charge in [0.2, 0.25) is 5.91 Å². The average molecular weight is 194 g/mol. The van der Waals surface area contributed by atoms with Crippen molar-refractivity contribution in [2.24, 2.45) is 5.73 Å². The molecule has 0 unspecified atom stereocenters. The fourth-order valence-corrected chi connectivity index (χ4v) is 1.00. The van der Waals surface area contributed by atoms with Crippen molar-refractivity contribution in [1.82, 2.24) is 0 Å². The number of aliphatic hydroxyl groups is 1. The van der Waals surface area contributed by atoms with E-state index in [4.69, 9.17) is 10.8 Å². The second kappa shape index (κ2) is 4.74. The SMILES string of the molecule is C[C@@H](N)C(=O)Nc1cccc(CO)c1. The smallest absolute Gasteiger partial charge is 0.240 e. The Balaban J connectivity index is 2.72. The standard InChI is InChI=1S/C10H14N2O2/c1-7(11)10(14)12-9-4-2-3-8(5-9)6-13/h2-5,7,13H,6,11H2,1H3,(H,12,14)/t7-/m1/s1. The maximum absolute atomic E-state index is 11.2. The number of aliphatic hydroxyl groups excluding tert-OH is 1. The van der Waals surface area contributed by atoms with Crippen LogP contribution in [-0.2, 0) is 11.4 Å². The highest BCUT2D eigenvalue weighted by Crippen LogP contribution is 2.10. The van der Waals surface area contributed by atoms with Crippen LogP contribution < -0.4 is 11.1 Å². The Kier molecular flexibility index (Phi) is 3.62. The molecule has 1 rings (SSSR count). The highest BCUT2D eigenvalue weighted by atomic mass is 16.3. The summed E-state index contributed by atoms with van der Waals surface area (Å²) < 4.78 is 0. The summed E-state index contributed by atoms with van der Waals surface area (Å²) in [6.07, 6.45) is 0. The first-order valence-corrected chi connectivity index (χ1v) is 4.39. The van der Waals surface area contributed by atoms with E-state index in [1.54, 1.807) is 31.2 Å². The van der Waals surface area contributed by atoms with Crippen LogP contribution in [0.3, 0.4) is 0 Å². The number of carbonyl (C=O) groups excluding carboxylic acids is 1. The summed E-state index contributed by atoms with van der Waals surface area (Å²) in [5.74, 6) is -0.236. The molecule has 0 aromatic heterocycles. The van der Waals surface area contributed by atoms with Crippen molar-refractivity contribution >= 4 is 11.6 Å². The Morgan fingerprint density at radius 2 is 2.36 bits per heavy atom. The average Bonchev–Trinajstić information content (AvgIpc) is 2.18. The maximum Gasteiger partial charge on any atom is 0.240 e. The van der Waals surface area contributed by atoms with E-state index in [0.717, 1.165) is 5.56 Å². The lowest BCUT2D eigenvalue weighted by Gasteiger charge is -2.08. The molecule has 1 aromatic rings. The van der Waals surface area contributed by atoms with Gasteiger partial charge in [0.15, 0.2) is 0 Å². The zero-order chi connectivity index (χ0) is 10.6. The van der Waals surface area contributed by atoms with Crippen LogP contribution in [0.15, 0.2) is 24.3 Å². The van der Waals surface area contributed by atoms with E-state index in [9.17, 15) is 4.79 Å². The molecule has 1 amide bonds. The van der Waals surface area contributed by atoms with Gasteiger partial charge in [-0.25, -0.2) is 0 Å². The van der Waals surface area contributed by atoms with Gasteiger partial charge in [-0.15, -0.1) is 0 Å². The van der Waals surface area contributed by atoms with E-state index in [1.165, 1.54) is 0 Å². The summed E-state index contributed by atoms with van der Waals surface area (Å²) in [5.41, 5.74) is 6.80. The minimum atomic E-state index is -0.534. The van der Waals surface area contributed by atoms with Gasteiger partial charge >= 0.3 is 0 Å². The van der Waals surface area contributed by atoms with Gasteiger partial charge in [0.25, 0.3) is 0 Å². The molecule has 1 atom stereocenters. The number of benzene rings is 1. The third kappa shape index (κ3) is 2.83. The first-order chi connectivity index (χ1) is 6.63. The van der Waals surface area contributed by atoms with Crippen molar-refractivity contribution in [2.75, 3.05) is 5.32 Å². The maximum atomic E-state index is 11.2. The summed E-state index contributed by atoms with van der Waals surface area (Å²) in [4.78, 5) is 11.2. The Hall–Kier alpha value is -1.39. The molecule has 0 saturated heterocycles. The molecule has 0 bridgehead atoms. The van der Waals surface area contributed by atoms with E-state index in [2.05, 4.69) is 5.32 Å². The van der Waals surface area contributed by atoms with Crippen molar-refractivity contribution in [3.05, 3.63) is 29.8 Å². The quantitative estimate of drug-likeness (QED) is 0.654. The summed E-state index contributed by atoms with van der Waals surface area (Å²) in [6, 6.07) is 6.47. The minimum absolute atomic E-state index is 0.0398. The first kappa shape index (κ1) is 10.7. The number of nitrogens with one attached hydrogen (secondary N) is 1. The zero-order valence-corrected chi connectivity index (χ0v) is 8.03. The number of carbonyl (C=O) groups is 1. The third-order valence-electron chi connectivity index (χ3n) is 1.79. The van der Waals surface area contributed by atoms with Crippen LogP contribution in [0.5, 0.6) is 0 Å². The molecule has 0 aliphatic rings. The third-order valence-corrected chi connectivity index (χ3v) is 1.79. The molecule has 0 spiro atoms.